The van der Waals surface area contributed by atoms with Crippen molar-refractivity contribution in [2.75, 3.05) is 13.2 Å². The van der Waals surface area contributed by atoms with Gasteiger partial charge in [-0.25, -0.2) is 0 Å². The zero-order chi connectivity index (χ0) is 59.9. The Hall–Kier alpha value is -4.71. The number of allylic oxidation sites excluding steroid dienone is 24. The monoisotopic (exact) mass is 1150 g/mol. The summed E-state index contributed by atoms with van der Waals surface area (Å²) in [7, 11) is 0. The van der Waals surface area contributed by atoms with E-state index in [0.29, 0.717) is 19.3 Å². The summed E-state index contributed by atoms with van der Waals surface area (Å²) in [5.74, 6) is -0.907. The second-order valence-electron chi connectivity index (χ2n) is 22.3. The molecule has 0 aliphatic carbocycles. The minimum atomic E-state index is -0.786. The second kappa shape index (κ2) is 69.8. The van der Waals surface area contributed by atoms with Crippen LogP contribution in [0.5, 0.6) is 0 Å². The SMILES string of the molecule is CC/C=C\C/C=C\C/C=C\C/C=C\C/C=C\C/C=C\C/C=C\CCCCCCCCCC(=O)OC(COC(=O)CCCCCCC)COC(=O)CCCCCCCCCCCCCCCCC/C=C\C/C=C\C/C=C\C/C=C\C/C=C\CC. The first kappa shape index (κ1) is 78.3. The largest absolute Gasteiger partial charge is 0.462 e. The molecule has 0 heterocycles. The summed E-state index contributed by atoms with van der Waals surface area (Å²) in [6.45, 7) is 6.33. The van der Waals surface area contributed by atoms with Gasteiger partial charge in [0.2, 0.25) is 0 Å². The van der Waals surface area contributed by atoms with E-state index in [9.17, 15) is 14.4 Å². The van der Waals surface area contributed by atoms with Gasteiger partial charge in [0, 0.05) is 19.3 Å². The molecule has 0 saturated heterocycles. The maximum absolute atomic E-state index is 12.9. The van der Waals surface area contributed by atoms with Gasteiger partial charge in [0.1, 0.15) is 13.2 Å². The van der Waals surface area contributed by atoms with Gasteiger partial charge in [-0.05, 0) is 122 Å². The van der Waals surface area contributed by atoms with Crippen LogP contribution in [0.15, 0.2) is 146 Å². The zero-order valence-electron chi connectivity index (χ0n) is 53.9. The molecule has 6 nitrogen and oxygen atoms in total. The number of carbonyl (C=O) groups is 3. The molecule has 83 heavy (non-hydrogen) atoms. The molecular weight excluding hydrogens is 1020 g/mol. The van der Waals surface area contributed by atoms with Gasteiger partial charge in [-0.3, -0.25) is 14.4 Å². The molecule has 0 aromatic heterocycles. The van der Waals surface area contributed by atoms with Crippen LogP contribution in [-0.4, -0.2) is 37.2 Å². The van der Waals surface area contributed by atoms with Crippen molar-refractivity contribution in [3.05, 3.63) is 146 Å². The summed E-state index contributed by atoms with van der Waals surface area (Å²) in [4.78, 5) is 38.0. The first-order valence-electron chi connectivity index (χ1n) is 34.3. The molecule has 0 N–H and O–H groups in total. The number of carbonyl (C=O) groups excluding carboxylic acids is 3. The summed E-state index contributed by atoms with van der Waals surface area (Å²) in [5, 5.41) is 0. The average molecular weight is 1150 g/mol. The van der Waals surface area contributed by atoms with E-state index in [4.69, 9.17) is 14.2 Å². The Balaban J connectivity index is 4.05. The van der Waals surface area contributed by atoms with Gasteiger partial charge < -0.3 is 14.2 Å². The molecule has 0 fully saturated rings. The molecule has 0 amide bonds. The lowest BCUT2D eigenvalue weighted by Crippen LogP contribution is -2.30. The van der Waals surface area contributed by atoms with E-state index in [0.717, 1.165) is 148 Å². The van der Waals surface area contributed by atoms with Crippen molar-refractivity contribution < 1.29 is 28.6 Å². The number of hydrogen-bond acceptors (Lipinski definition) is 6. The van der Waals surface area contributed by atoms with Gasteiger partial charge >= 0.3 is 17.9 Å². The third kappa shape index (κ3) is 68.0. The lowest BCUT2D eigenvalue weighted by atomic mass is 10.0. The van der Waals surface area contributed by atoms with Crippen molar-refractivity contribution in [2.45, 2.75) is 309 Å². The number of hydrogen-bond donors (Lipinski definition) is 0. The second-order valence-corrected chi connectivity index (χ2v) is 22.3. The number of ether oxygens (including phenoxy) is 3. The fraction of sp³-hybridized carbons (Fsp3) is 0.649. The predicted octanol–water partition coefficient (Wildman–Crippen LogP) is 23.9. The molecule has 1 unspecified atom stereocenters. The maximum atomic E-state index is 12.9. The quantitative estimate of drug-likeness (QED) is 0.0261. The lowest BCUT2D eigenvalue weighted by Gasteiger charge is -2.18. The molecule has 0 spiro atoms. The van der Waals surface area contributed by atoms with Crippen LogP contribution in [0.2, 0.25) is 0 Å². The van der Waals surface area contributed by atoms with Crippen molar-refractivity contribution in [3.63, 3.8) is 0 Å². The highest BCUT2D eigenvalue weighted by Gasteiger charge is 2.19. The normalized spacial score (nSPS) is 13.0. The Morgan fingerprint density at radius 2 is 0.470 bits per heavy atom. The Kier molecular flexibility index (Phi) is 65.8. The molecule has 0 saturated carbocycles. The van der Waals surface area contributed by atoms with Crippen molar-refractivity contribution >= 4 is 17.9 Å². The van der Waals surface area contributed by atoms with Gasteiger partial charge in [-0.2, -0.15) is 0 Å². The van der Waals surface area contributed by atoms with Gasteiger partial charge in [-0.15, -0.1) is 0 Å². The van der Waals surface area contributed by atoms with E-state index in [2.05, 4.69) is 167 Å². The average Bonchev–Trinajstić information content (AvgIpc) is 3.48. The zero-order valence-corrected chi connectivity index (χ0v) is 53.9. The fourth-order valence-corrected chi connectivity index (χ4v) is 9.27. The summed E-state index contributed by atoms with van der Waals surface area (Å²) in [5.41, 5.74) is 0. The molecule has 0 aliphatic rings. The van der Waals surface area contributed by atoms with Crippen molar-refractivity contribution in [2.24, 2.45) is 0 Å². The van der Waals surface area contributed by atoms with Crippen molar-refractivity contribution in [1.29, 1.82) is 0 Å². The third-order valence-corrected chi connectivity index (χ3v) is 14.3. The maximum Gasteiger partial charge on any atom is 0.306 e. The summed E-state index contributed by atoms with van der Waals surface area (Å²) < 4.78 is 16.8. The highest BCUT2D eigenvalue weighted by Crippen LogP contribution is 2.16. The summed E-state index contributed by atoms with van der Waals surface area (Å²) in [6, 6.07) is 0. The number of rotatable bonds is 61. The van der Waals surface area contributed by atoms with Crippen LogP contribution in [0.1, 0.15) is 303 Å². The van der Waals surface area contributed by atoms with Gasteiger partial charge in [0.25, 0.3) is 0 Å². The summed E-state index contributed by atoms with van der Waals surface area (Å²) >= 11 is 0. The van der Waals surface area contributed by atoms with E-state index in [1.165, 1.54) is 116 Å². The van der Waals surface area contributed by atoms with Crippen LogP contribution in [0.25, 0.3) is 0 Å². The molecule has 0 aromatic rings. The fourth-order valence-electron chi connectivity index (χ4n) is 9.27. The highest BCUT2D eigenvalue weighted by molar-refractivity contribution is 5.71. The number of esters is 3. The third-order valence-electron chi connectivity index (χ3n) is 14.3. The molecule has 0 rings (SSSR count). The topological polar surface area (TPSA) is 78.9 Å². The summed E-state index contributed by atoms with van der Waals surface area (Å²) in [6.07, 6.45) is 101. The molecule has 6 heteroatoms. The van der Waals surface area contributed by atoms with Crippen LogP contribution in [0.4, 0.5) is 0 Å². The minimum Gasteiger partial charge on any atom is -0.462 e. The van der Waals surface area contributed by atoms with Gasteiger partial charge in [0.05, 0.1) is 0 Å². The standard InChI is InChI=1S/C77H126O6/c1-4-7-10-13-15-17-19-21-23-25-27-29-31-33-35-37-38-40-41-43-45-47-49-51-53-55-57-59-61-64-67-70-76(79)82-73-74(72-81-75(78)69-66-63-12-9-6-3)83-77(80)71-68-65-62-60-58-56-54-52-50-48-46-44-42-39-36-34-32-30-28-26-24-22-20-18-16-14-11-8-5-2/h7-8,10-11,15-18,21-24,27-30,33-36,42,44,48,50,74H,4-6,9,12-14,19-20,25-26,31-32,37-41,43,45-47,49,51-73H2,1-3H3/b10-7-,11-8-,17-15-,18-16-,23-21-,24-22-,29-27-,30-28-,35-33-,36-34-,44-42-,50-48-. The molecule has 470 valence electrons. The van der Waals surface area contributed by atoms with Crippen LogP contribution >= 0.6 is 0 Å². The molecule has 0 radical (unpaired) electrons. The van der Waals surface area contributed by atoms with Gasteiger partial charge in [0.15, 0.2) is 6.10 Å². The van der Waals surface area contributed by atoms with Crippen molar-refractivity contribution in [3.8, 4) is 0 Å². The van der Waals surface area contributed by atoms with E-state index in [1.54, 1.807) is 0 Å². The van der Waals surface area contributed by atoms with Crippen LogP contribution in [0, 0.1) is 0 Å². The Bertz CT molecular complexity index is 1800. The Labute approximate surface area is 512 Å². The smallest absolute Gasteiger partial charge is 0.306 e. The molecular formula is C77H126O6. The predicted molar refractivity (Wildman–Crippen MR) is 362 cm³/mol. The van der Waals surface area contributed by atoms with Crippen molar-refractivity contribution in [1.82, 2.24) is 0 Å². The van der Waals surface area contributed by atoms with E-state index < -0.39 is 6.10 Å². The van der Waals surface area contributed by atoms with E-state index >= 15 is 0 Å². The number of unbranched alkanes of at least 4 members (excludes halogenated alkanes) is 26. The lowest BCUT2D eigenvalue weighted by molar-refractivity contribution is -0.167. The Morgan fingerprint density at radius 3 is 0.735 bits per heavy atom. The highest BCUT2D eigenvalue weighted by atomic mass is 16.6. The first-order valence-corrected chi connectivity index (χ1v) is 34.3. The first-order chi connectivity index (χ1) is 41.0. The molecule has 1 atom stereocenters. The molecule has 0 aromatic carbocycles. The Morgan fingerprint density at radius 1 is 0.253 bits per heavy atom. The minimum absolute atomic E-state index is 0.0848. The van der Waals surface area contributed by atoms with Gasteiger partial charge in [-0.1, -0.05) is 308 Å². The van der Waals surface area contributed by atoms with E-state index in [1.807, 2.05) is 0 Å². The van der Waals surface area contributed by atoms with Crippen LogP contribution < -0.4 is 0 Å². The molecule has 0 bridgehead atoms. The van der Waals surface area contributed by atoms with Crippen LogP contribution in [0.3, 0.4) is 0 Å². The van der Waals surface area contributed by atoms with E-state index in [-0.39, 0.29) is 31.1 Å². The molecule has 0 aliphatic heterocycles. The van der Waals surface area contributed by atoms with Crippen LogP contribution in [-0.2, 0) is 28.6 Å².